The topological polar surface area (TPSA) is 84.0 Å². The maximum absolute atomic E-state index is 11.8. The van der Waals surface area contributed by atoms with Gasteiger partial charge in [-0.1, -0.05) is 12.1 Å². The van der Waals surface area contributed by atoms with Crippen molar-refractivity contribution in [2.24, 2.45) is 4.99 Å². The Morgan fingerprint density at radius 2 is 1.85 bits per heavy atom. The lowest BCUT2D eigenvalue weighted by atomic mass is 10.1. The van der Waals surface area contributed by atoms with E-state index in [1.807, 2.05) is 52.0 Å². The zero-order valence-electron chi connectivity index (χ0n) is 17.2. The molecule has 0 saturated carbocycles. The molecule has 1 amide bonds. The van der Waals surface area contributed by atoms with Gasteiger partial charge in [-0.15, -0.1) is 0 Å². The van der Waals surface area contributed by atoms with Crippen LogP contribution < -0.4 is 16.0 Å². The Kier molecular flexibility index (Phi) is 10.3. The molecule has 0 fully saturated rings. The zero-order chi connectivity index (χ0) is 20.1. The number of ether oxygens (including phenoxy) is 2. The molecule has 0 heterocycles. The number of methoxy groups -OCH3 is 1. The van der Waals surface area contributed by atoms with Gasteiger partial charge in [-0.3, -0.25) is 10.3 Å². The average Bonchev–Trinajstić information content (AvgIpc) is 2.58. The Labute approximate surface area is 162 Å². The van der Waals surface area contributed by atoms with Crippen LogP contribution in [0.3, 0.4) is 0 Å². The Bertz CT molecular complexity index is 580. The Morgan fingerprint density at radius 3 is 2.44 bits per heavy atom. The number of amides is 1. The second-order valence-electron chi connectivity index (χ2n) is 7.11. The largest absolute Gasteiger partial charge is 0.444 e. The fourth-order valence-corrected chi connectivity index (χ4v) is 2.24. The molecule has 0 spiro atoms. The highest BCUT2D eigenvalue weighted by molar-refractivity contribution is 5.84. The number of anilines is 1. The van der Waals surface area contributed by atoms with E-state index in [9.17, 15) is 4.79 Å². The molecule has 0 unspecified atom stereocenters. The Morgan fingerprint density at radius 1 is 1.15 bits per heavy atom. The summed E-state index contributed by atoms with van der Waals surface area (Å²) in [5.41, 5.74) is 1.38. The van der Waals surface area contributed by atoms with Crippen molar-refractivity contribution in [3.05, 3.63) is 29.8 Å². The number of hydrogen-bond donors (Lipinski definition) is 3. The molecule has 0 saturated heterocycles. The second kappa shape index (κ2) is 12.2. The summed E-state index contributed by atoms with van der Waals surface area (Å²) in [6.07, 6.45) is 1.31. The molecular formula is C20H34N4O3. The van der Waals surface area contributed by atoms with Gasteiger partial charge in [0.15, 0.2) is 5.96 Å². The van der Waals surface area contributed by atoms with Crippen molar-refractivity contribution in [1.29, 1.82) is 0 Å². The minimum absolute atomic E-state index is 0.447. The fraction of sp³-hybridized carbons (Fsp3) is 0.600. The highest BCUT2D eigenvalue weighted by Crippen LogP contribution is 2.13. The molecule has 0 atom stereocenters. The van der Waals surface area contributed by atoms with Gasteiger partial charge in [0.1, 0.15) is 5.60 Å². The summed E-state index contributed by atoms with van der Waals surface area (Å²) < 4.78 is 10.3. The van der Waals surface area contributed by atoms with Gasteiger partial charge in [-0.25, -0.2) is 4.79 Å². The summed E-state index contributed by atoms with van der Waals surface area (Å²) in [6.45, 7) is 10.6. The molecule has 27 heavy (non-hydrogen) atoms. The number of aliphatic imine (C=N–C) groups is 1. The molecule has 152 valence electrons. The number of carbonyl (C=O) groups is 1. The summed E-state index contributed by atoms with van der Waals surface area (Å²) in [6, 6.07) is 7.75. The quantitative estimate of drug-likeness (QED) is 0.349. The predicted molar refractivity (Wildman–Crippen MR) is 110 cm³/mol. The van der Waals surface area contributed by atoms with Gasteiger partial charge in [-0.05, 0) is 58.2 Å². The number of rotatable bonds is 9. The van der Waals surface area contributed by atoms with E-state index in [-0.39, 0.29) is 0 Å². The Hall–Kier alpha value is -2.28. The van der Waals surface area contributed by atoms with Crippen LogP contribution in [0.15, 0.2) is 29.3 Å². The SMILES string of the molecule is CCNC(=NCCCOC)NCCc1ccc(NC(=O)OC(C)(C)C)cc1. The van der Waals surface area contributed by atoms with E-state index in [0.29, 0.717) is 12.3 Å². The van der Waals surface area contributed by atoms with Crippen LogP contribution in [0.25, 0.3) is 0 Å². The number of guanidine groups is 1. The number of nitrogens with zero attached hydrogens (tertiary/aromatic N) is 1. The van der Waals surface area contributed by atoms with Crippen LogP contribution >= 0.6 is 0 Å². The normalized spacial score (nSPS) is 11.8. The Balaban J connectivity index is 2.42. The third-order valence-corrected chi connectivity index (χ3v) is 3.43. The van der Waals surface area contributed by atoms with E-state index in [0.717, 1.165) is 38.4 Å². The van der Waals surface area contributed by atoms with Crippen LogP contribution in [0.1, 0.15) is 39.7 Å². The number of nitrogens with one attached hydrogen (secondary N) is 3. The van der Waals surface area contributed by atoms with Crippen molar-refractivity contribution >= 4 is 17.7 Å². The molecule has 7 nitrogen and oxygen atoms in total. The van der Waals surface area contributed by atoms with Crippen LogP contribution in [0.4, 0.5) is 10.5 Å². The van der Waals surface area contributed by atoms with Gasteiger partial charge in [0.25, 0.3) is 0 Å². The molecule has 0 aromatic heterocycles. The zero-order valence-corrected chi connectivity index (χ0v) is 17.2. The summed E-state index contributed by atoms with van der Waals surface area (Å²) in [5.74, 6) is 0.816. The minimum atomic E-state index is -0.509. The molecule has 0 aliphatic heterocycles. The van der Waals surface area contributed by atoms with Gasteiger partial charge in [0, 0.05) is 39.0 Å². The van der Waals surface area contributed by atoms with Gasteiger partial charge in [-0.2, -0.15) is 0 Å². The van der Waals surface area contributed by atoms with Crippen LogP contribution in [-0.2, 0) is 15.9 Å². The third-order valence-electron chi connectivity index (χ3n) is 3.43. The first kappa shape index (κ1) is 22.8. The second-order valence-corrected chi connectivity index (χ2v) is 7.11. The first-order valence-electron chi connectivity index (χ1n) is 9.44. The van der Waals surface area contributed by atoms with Gasteiger partial charge < -0.3 is 20.1 Å². The molecule has 0 aliphatic rings. The smallest absolute Gasteiger partial charge is 0.412 e. The molecule has 1 aromatic carbocycles. The average molecular weight is 379 g/mol. The van der Waals surface area contributed by atoms with Crippen molar-refractivity contribution < 1.29 is 14.3 Å². The molecule has 0 aliphatic carbocycles. The van der Waals surface area contributed by atoms with E-state index in [1.54, 1.807) is 7.11 Å². The van der Waals surface area contributed by atoms with Crippen molar-refractivity contribution in [2.45, 2.75) is 46.1 Å². The summed E-state index contributed by atoms with van der Waals surface area (Å²) in [4.78, 5) is 16.3. The van der Waals surface area contributed by atoms with E-state index < -0.39 is 11.7 Å². The maximum atomic E-state index is 11.8. The van der Waals surface area contributed by atoms with Crippen molar-refractivity contribution in [2.75, 3.05) is 38.7 Å². The van der Waals surface area contributed by atoms with Crippen molar-refractivity contribution in [3.63, 3.8) is 0 Å². The highest BCUT2D eigenvalue weighted by atomic mass is 16.6. The minimum Gasteiger partial charge on any atom is -0.444 e. The van der Waals surface area contributed by atoms with Gasteiger partial charge in [0.05, 0.1) is 0 Å². The molecule has 1 aromatic rings. The molecule has 0 radical (unpaired) electrons. The maximum Gasteiger partial charge on any atom is 0.412 e. The van der Waals surface area contributed by atoms with E-state index in [2.05, 4.69) is 20.9 Å². The molecule has 7 heteroatoms. The van der Waals surface area contributed by atoms with E-state index in [4.69, 9.17) is 9.47 Å². The molecule has 0 bridgehead atoms. The van der Waals surface area contributed by atoms with Crippen LogP contribution in [0.5, 0.6) is 0 Å². The summed E-state index contributed by atoms with van der Waals surface area (Å²) in [7, 11) is 1.70. The van der Waals surface area contributed by atoms with E-state index in [1.165, 1.54) is 5.56 Å². The summed E-state index contributed by atoms with van der Waals surface area (Å²) >= 11 is 0. The molecule has 1 rings (SSSR count). The summed E-state index contributed by atoms with van der Waals surface area (Å²) in [5, 5.41) is 9.29. The van der Waals surface area contributed by atoms with Gasteiger partial charge >= 0.3 is 6.09 Å². The lowest BCUT2D eigenvalue weighted by Crippen LogP contribution is -2.38. The number of hydrogen-bond acceptors (Lipinski definition) is 4. The van der Waals surface area contributed by atoms with Gasteiger partial charge in [0.2, 0.25) is 0 Å². The lowest BCUT2D eigenvalue weighted by Gasteiger charge is -2.19. The first-order chi connectivity index (χ1) is 12.8. The number of benzene rings is 1. The fourth-order valence-electron chi connectivity index (χ4n) is 2.24. The molecular weight excluding hydrogens is 344 g/mol. The standard InChI is InChI=1S/C20H34N4O3/c1-6-21-18(22-13-7-15-26-5)23-14-12-16-8-10-17(11-9-16)24-19(25)27-20(2,3)4/h8-11H,6-7,12-15H2,1-5H3,(H,24,25)(H2,21,22,23). The highest BCUT2D eigenvalue weighted by Gasteiger charge is 2.16. The predicted octanol–water partition coefficient (Wildman–Crippen LogP) is 3.17. The first-order valence-corrected chi connectivity index (χ1v) is 9.44. The third kappa shape index (κ3) is 11.1. The van der Waals surface area contributed by atoms with Crippen molar-refractivity contribution in [3.8, 4) is 0 Å². The van der Waals surface area contributed by atoms with Crippen LogP contribution in [0.2, 0.25) is 0 Å². The van der Waals surface area contributed by atoms with Crippen LogP contribution in [0, 0.1) is 0 Å². The van der Waals surface area contributed by atoms with E-state index >= 15 is 0 Å². The molecule has 3 N–H and O–H groups in total. The lowest BCUT2D eigenvalue weighted by molar-refractivity contribution is 0.0636. The monoisotopic (exact) mass is 378 g/mol. The van der Waals surface area contributed by atoms with Crippen LogP contribution in [-0.4, -0.2) is 51.0 Å². The number of carbonyl (C=O) groups excluding carboxylic acids is 1. The van der Waals surface area contributed by atoms with Crippen molar-refractivity contribution in [1.82, 2.24) is 10.6 Å².